The van der Waals surface area contributed by atoms with E-state index in [9.17, 15) is 9.90 Å². The summed E-state index contributed by atoms with van der Waals surface area (Å²) in [6, 6.07) is 3.38. The SMILES string of the molecule is C=C1OCc2c(cc3n(c2=O)Cc2c-3nc3cc(F)c4c(c3c2CC)OCN4C(C)C)[C@@]1(O)CC. The second-order valence-electron chi connectivity index (χ2n) is 9.78. The standard InChI is InChI=1S/C27H28FN3O4/c1-6-15-16-10-30-21(8-18-17(26(30)32)11-34-14(5)27(18,33)7-2)23(16)29-20-9-19(28)24-25(22(15)20)35-12-31(24)13(3)4/h8-9,13,33H,5-7,10-12H2,1-4H3/t27-/m1/s1. The minimum atomic E-state index is -1.45. The molecule has 0 aliphatic carbocycles. The number of nitrogens with zero attached hydrogens (tertiary/aromatic N) is 3. The number of anilines is 1. The molecule has 3 aliphatic heterocycles. The predicted octanol–water partition coefficient (Wildman–Crippen LogP) is 4.33. The Kier molecular flexibility index (Phi) is 4.61. The molecule has 3 aliphatic rings. The minimum absolute atomic E-state index is 0.0690. The predicted molar refractivity (Wildman–Crippen MR) is 131 cm³/mol. The number of benzene rings is 1. The highest BCUT2D eigenvalue weighted by molar-refractivity contribution is 5.98. The van der Waals surface area contributed by atoms with Gasteiger partial charge in [0.25, 0.3) is 5.56 Å². The molecule has 0 bridgehead atoms. The van der Waals surface area contributed by atoms with Crippen molar-refractivity contribution in [3.8, 4) is 17.1 Å². The van der Waals surface area contributed by atoms with Gasteiger partial charge in [-0.05, 0) is 38.3 Å². The topological polar surface area (TPSA) is 76.8 Å². The number of hydrogen-bond donors (Lipinski definition) is 1. The third kappa shape index (κ3) is 2.74. The summed E-state index contributed by atoms with van der Waals surface area (Å²) in [5, 5.41) is 12.1. The van der Waals surface area contributed by atoms with Crippen LogP contribution in [-0.4, -0.2) is 27.4 Å². The zero-order chi connectivity index (χ0) is 24.8. The van der Waals surface area contributed by atoms with Gasteiger partial charge in [0.05, 0.1) is 29.0 Å². The normalized spacial score (nSPS) is 20.0. The van der Waals surface area contributed by atoms with E-state index in [2.05, 4.69) is 6.58 Å². The van der Waals surface area contributed by atoms with E-state index in [1.807, 2.05) is 38.7 Å². The van der Waals surface area contributed by atoms with Crippen LogP contribution in [0.5, 0.6) is 5.75 Å². The summed E-state index contributed by atoms with van der Waals surface area (Å²) in [5.74, 6) is 0.386. The van der Waals surface area contributed by atoms with E-state index < -0.39 is 5.60 Å². The van der Waals surface area contributed by atoms with Gasteiger partial charge in [0.15, 0.2) is 18.3 Å². The number of aromatic nitrogens is 2. The summed E-state index contributed by atoms with van der Waals surface area (Å²) in [7, 11) is 0. The van der Waals surface area contributed by atoms with E-state index in [-0.39, 0.29) is 36.5 Å². The van der Waals surface area contributed by atoms with E-state index in [4.69, 9.17) is 14.5 Å². The van der Waals surface area contributed by atoms with Crippen LogP contribution in [0.25, 0.3) is 22.3 Å². The van der Waals surface area contributed by atoms with E-state index in [1.54, 1.807) is 4.57 Å². The number of hydrogen-bond acceptors (Lipinski definition) is 6. The van der Waals surface area contributed by atoms with Crippen LogP contribution in [0.15, 0.2) is 29.3 Å². The first-order chi connectivity index (χ1) is 16.7. The van der Waals surface area contributed by atoms with Gasteiger partial charge in [-0.3, -0.25) is 4.79 Å². The lowest BCUT2D eigenvalue weighted by atomic mass is 9.84. The Hall–Kier alpha value is -3.39. The summed E-state index contributed by atoms with van der Waals surface area (Å²) in [5.41, 5.74) is 3.45. The number of rotatable bonds is 3. The van der Waals surface area contributed by atoms with E-state index in [1.165, 1.54) is 6.07 Å². The lowest BCUT2D eigenvalue weighted by Gasteiger charge is -2.35. The van der Waals surface area contributed by atoms with Gasteiger partial charge < -0.3 is 24.0 Å². The molecular formula is C27H28FN3O4. The van der Waals surface area contributed by atoms with Crippen LogP contribution in [0.3, 0.4) is 0 Å². The van der Waals surface area contributed by atoms with Crippen molar-refractivity contribution in [1.29, 1.82) is 0 Å². The first-order valence-corrected chi connectivity index (χ1v) is 12.1. The number of pyridine rings is 2. The van der Waals surface area contributed by atoms with Crippen molar-refractivity contribution < 1.29 is 19.0 Å². The van der Waals surface area contributed by atoms with Gasteiger partial charge in [0.2, 0.25) is 0 Å². The van der Waals surface area contributed by atoms with Crippen LogP contribution in [-0.2, 0) is 29.9 Å². The highest BCUT2D eigenvalue weighted by Gasteiger charge is 2.42. The van der Waals surface area contributed by atoms with Crippen molar-refractivity contribution in [3.05, 3.63) is 62.9 Å². The second-order valence-corrected chi connectivity index (χ2v) is 9.78. The van der Waals surface area contributed by atoms with Crippen LogP contribution in [0, 0.1) is 5.82 Å². The van der Waals surface area contributed by atoms with Gasteiger partial charge in [-0.15, -0.1) is 0 Å². The van der Waals surface area contributed by atoms with Crippen LogP contribution >= 0.6 is 0 Å². The average Bonchev–Trinajstić information content (AvgIpc) is 3.44. The monoisotopic (exact) mass is 477 g/mol. The van der Waals surface area contributed by atoms with E-state index >= 15 is 4.39 Å². The summed E-state index contributed by atoms with van der Waals surface area (Å²) in [6.07, 6.45) is 0.993. The first-order valence-electron chi connectivity index (χ1n) is 12.1. The highest BCUT2D eigenvalue weighted by Crippen LogP contribution is 2.48. The largest absolute Gasteiger partial charge is 0.490 e. The molecule has 35 heavy (non-hydrogen) atoms. The molecule has 0 fully saturated rings. The lowest BCUT2D eigenvalue weighted by molar-refractivity contribution is -0.0172. The summed E-state index contributed by atoms with van der Waals surface area (Å²) in [6.45, 7) is 12.5. The number of halogens is 1. The molecular weight excluding hydrogens is 449 g/mol. The fourth-order valence-corrected chi connectivity index (χ4v) is 5.78. The second kappa shape index (κ2) is 7.31. The maximum absolute atomic E-state index is 15.3. The van der Waals surface area contributed by atoms with Gasteiger partial charge in [-0.25, -0.2) is 9.37 Å². The molecule has 0 spiro atoms. The molecule has 5 heterocycles. The van der Waals surface area contributed by atoms with Gasteiger partial charge in [-0.2, -0.15) is 0 Å². The summed E-state index contributed by atoms with van der Waals surface area (Å²) in [4.78, 5) is 20.3. The summed E-state index contributed by atoms with van der Waals surface area (Å²) >= 11 is 0. The summed E-state index contributed by atoms with van der Waals surface area (Å²) < 4.78 is 28.6. The molecule has 0 radical (unpaired) electrons. The van der Waals surface area contributed by atoms with Crippen LogP contribution in [0.4, 0.5) is 10.1 Å². The average molecular weight is 478 g/mol. The Morgan fingerprint density at radius 3 is 2.71 bits per heavy atom. The Bertz CT molecular complexity index is 1510. The molecule has 1 aromatic carbocycles. The zero-order valence-corrected chi connectivity index (χ0v) is 20.4. The molecule has 8 heteroatoms. The van der Waals surface area contributed by atoms with E-state index in [0.717, 1.165) is 16.5 Å². The molecule has 0 saturated heterocycles. The Balaban J connectivity index is 1.64. The van der Waals surface area contributed by atoms with Crippen molar-refractivity contribution in [3.63, 3.8) is 0 Å². The molecule has 0 saturated carbocycles. The Morgan fingerprint density at radius 1 is 1.26 bits per heavy atom. The Labute approximate surface area is 202 Å². The first kappa shape index (κ1) is 22.1. The van der Waals surface area contributed by atoms with Gasteiger partial charge >= 0.3 is 0 Å². The number of aryl methyl sites for hydroxylation is 1. The fraction of sp³-hybridized carbons (Fsp3) is 0.407. The molecule has 7 nitrogen and oxygen atoms in total. The number of ether oxygens (including phenoxy) is 2. The van der Waals surface area contributed by atoms with Gasteiger partial charge in [0, 0.05) is 28.6 Å². The van der Waals surface area contributed by atoms with Gasteiger partial charge in [-0.1, -0.05) is 20.4 Å². The molecule has 6 rings (SSSR count). The van der Waals surface area contributed by atoms with Crippen molar-refractivity contribution in [2.75, 3.05) is 11.6 Å². The number of aliphatic hydroxyl groups is 1. The van der Waals surface area contributed by atoms with Crippen molar-refractivity contribution >= 4 is 16.6 Å². The third-order valence-corrected chi connectivity index (χ3v) is 7.75. The van der Waals surface area contributed by atoms with Gasteiger partial charge in [0.1, 0.15) is 23.7 Å². The third-order valence-electron chi connectivity index (χ3n) is 7.75. The Morgan fingerprint density at radius 2 is 2.03 bits per heavy atom. The molecule has 0 unspecified atom stereocenters. The maximum atomic E-state index is 15.3. The molecule has 0 amide bonds. The zero-order valence-electron chi connectivity index (χ0n) is 20.4. The van der Waals surface area contributed by atoms with E-state index in [0.29, 0.717) is 58.9 Å². The number of fused-ring (bicyclic) bond motifs is 7. The smallest absolute Gasteiger partial charge is 0.258 e. The quantitative estimate of drug-likeness (QED) is 0.473. The van der Waals surface area contributed by atoms with Crippen molar-refractivity contribution in [2.45, 2.75) is 65.3 Å². The van der Waals surface area contributed by atoms with Crippen LogP contribution in [0.2, 0.25) is 0 Å². The van der Waals surface area contributed by atoms with Crippen molar-refractivity contribution in [2.24, 2.45) is 0 Å². The fourth-order valence-electron chi connectivity index (χ4n) is 5.78. The lowest BCUT2D eigenvalue weighted by Crippen LogP contribution is -2.38. The molecule has 1 atom stereocenters. The molecule has 3 aromatic rings. The molecule has 1 N–H and O–H groups in total. The van der Waals surface area contributed by atoms with Crippen molar-refractivity contribution in [1.82, 2.24) is 9.55 Å². The van der Waals surface area contributed by atoms with Crippen LogP contribution < -0.4 is 15.2 Å². The van der Waals surface area contributed by atoms with Crippen LogP contribution in [0.1, 0.15) is 56.4 Å². The maximum Gasteiger partial charge on any atom is 0.258 e. The minimum Gasteiger partial charge on any atom is -0.490 e. The molecule has 2 aromatic heterocycles. The molecule has 182 valence electrons. The highest BCUT2D eigenvalue weighted by atomic mass is 19.1.